The second-order valence-electron chi connectivity index (χ2n) is 6.38. The summed E-state index contributed by atoms with van der Waals surface area (Å²) in [5.74, 6) is -6.71. The molecule has 0 aromatic carbocycles. The molecule has 3 unspecified atom stereocenters. The number of hydrogen-bond acceptors (Lipinski definition) is 5. The van der Waals surface area contributed by atoms with Crippen molar-refractivity contribution in [3.63, 3.8) is 0 Å². The lowest BCUT2D eigenvalue weighted by Crippen LogP contribution is -2.37. The fourth-order valence-electron chi connectivity index (χ4n) is 2.52. The molecule has 0 saturated carbocycles. The Morgan fingerprint density at radius 2 is 2.18 bits per heavy atom. The summed E-state index contributed by atoms with van der Waals surface area (Å²) < 4.78 is 44.1. The minimum atomic E-state index is -3.70. The third kappa shape index (κ3) is 4.70. The Balaban J connectivity index is 2.12. The number of allylic oxidation sites excluding steroid dienone is 2. The minimum absolute atomic E-state index is 0.240. The van der Waals surface area contributed by atoms with Crippen LogP contribution >= 0.6 is 20.8 Å². The van der Waals surface area contributed by atoms with Crippen LogP contribution in [-0.4, -0.2) is 40.3 Å². The number of fused-ring (bicyclic) bond motifs is 1. The van der Waals surface area contributed by atoms with Gasteiger partial charge in [0.05, 0.1) is 12.6 Å². The van der Waals surface area contributed by atoms with Crippen LogP contribution in [0.25, 0.3) is 0 Å². The summed E-state index contributed by atoms with van der Waals surface area (Å²) >= 11 is 6.04. The van der Waals surface area contributed by atoms with Crippen molar-refractivity contribution in [3.8, 4) is 0 Å². The van der Waals surface area contributed by atoms with E-state index in [0.717, 1.165) is 0 Å². The fourth-order valence-corrected chi connectivity index (χ4v) is 2.83. The van der Waals surface area contributed by atoms with E-state index >= 15 is 0 Å². The van der Waals surface area contributed by atoms with Crippen molar-refractivity contribution < 1.29 is 22.7 Å². The van der Waals surface area contributed by atoms with Crippen molar-refractivity contribution in [2.75, 3.05) is 6.61 Å². The van der Waals surface area contributed by atoms with Crippen LogP contribution in [0.15, 0.2) is 35.5 Å². The Hall–Kier alpha value is -1.99. The van der Waals surface area contributed by atoms with Gasteiger partial charge in [-0.2, -0.15) is 8.78 Å². The van der Waals surface area contributed by atoms with E-state index in [4.69, 9.17) is 27.8 Å². The van der Waals surface area contributed by atoms with Gasteiger partial charge >= 0.3 is 5.92 Å². The number of halogens is 4. The number of rotatable bonds is 7. The highest BCUT2D eigenvalue weighted by molar-refractivity contribution is 7.17. The maximum Gasteiger partial charge on any atom is 0.315 e. The van der Waals surface area contributed by atoms with Crippen molar-refractivity contribution in [1.82, 2.24) is 9.88 Å². The number of aromatic nitrogens is 1. The molecule has 6 nitrogen and oxygen atoms in total. The second kappa shape index (κ2) is 8.57. The third-order valence-electron chi connectivity index (χ3n) is 4.37. The lowest BCUT2D eigenvalue weighted by Gasteiger charge is -2.25. The maximum atomic E-state index is 13.3. The van der Waals surface area contributed by atoms with Crippen LogP contribution in [0.2, 0.25) is 5.15 Å². The number of hydrogen-bond donors (Lipinski definition) is 2. The van der Waals surface area contributed by atoms with E-state index in [0.29, 0.717) is 11.1 Å². The predicted octanol–water partition coefficient (Wildman–Crippen LogP) is 2.93. The highest BCUT2D eigenvalue weighted by Gasteiger charge is 2.38. The zero-order valence-corrected chi connectivity index (χ0v) is 17.2. The van der Waals surface area contributed by atoms with Crippen LogP contribution in [0.4, 0.5) is 13.2 Å². The molecule has 154 valence electrons. The summed E-state index contributed by atoms with van der Waals surface area (Å²) in [6.45, 7) is 2.23. The van der Waals surface area contributed by atoms with E-state index in [-0.39, 0.29) is 34.8 Å². The van der Waals surface area contributed by atoms with E-state index in [1.54, 1.807) is 13.0 Å². The van der Waals surface area contributed by atoms with Crippen LogP contribution in [0.3, 0.4) is 0 Å². The molecular formula is C17H21ClF3N4O2P. The number of pyridine rings is 1. The molecule has 3 atom stereocenters. The summed E-state index contributed by atoms with van der Waals surface area (Å²) in [6, 6.07) is 1.06. The van der Waals surface area contributed by atoms with Gasteiger partial charge in [0, 0.05) is 28.6 Å². The molecule has 0 radical (unpaired) electrons. The van der Waals surface area contributed by atoms with Gasteiger partial charge in [-0.15, -0.1) is 0 Å². The summed E-state index contributed by atoms with van der Waals surface area (Å²) in [5, 5.41) is 0.248. The smallest absolute Gasteiger partial charge is 0.315 e. The third-order valence-corrected chi connectivity index (χ3v) is 5.18. The van der Waals surface area contributed by atoms with E-state index in [2.05, 4.69) is 4.98 Å². The molecule has 2 heterocycles. The van der Waals surface area contributed by atoms with Crippen LogP contribution < -0.4 is 11.5 Å². The second-order valence-corrected chi connectivity index (χ2v) is 7.32. The van der Waals surface area contributed by atoms with Gasteiger partial charge in [-0.05, 0) is 26.0 Å². The summed E-state index contributed by atoms with van der Waals surface area (Å²) in [7, 11) is 1.37. The van der Waals surface area contributed by atoms with E-state index < -0.39 is 24.5 Å². The number of carbonyl (C=O) groups is 1. The Morgan fingerprint density at radius 3 is 2.75 bits per heavy atom. The van der Waals surface area contributed by atoms with Gasteiger partial charge in [0.25, 0.3) is 5.91 Å². The molecule has 1 amide bonds. The minimum Gasteiger partial charge on any atom is -0.473 e. The number of alkyl halides is 3. The van der Waals surface area contributed by atoms with Crippen LogP contribution in [0, 0.1) is 0 Å². The lowest BCUT2D eigenvalue weighted by molar-refractivity contribution is -0.0876. The fraction of sp³-hybridized carbons (Fsp3) is 0.412. The van der Waals surface area contributed by atoms with Crippen molar-refractivity contribution in [2.24, 2.45) is 11.5 Å². The quantitative estimate of drug-likeness (QED) is 0.296. The molecular weight excluding hydrogens is 416 g/mol. The molecule has 0 bridgehead atoms. The molecule has 0 aliphatic carbocycles. The summed E-state index contributed by atoms with van der Waals surface area (Å²) in [6.07, 6.45) is 2.87. The van der Waals surface area contributed by atoms with Crippen molar-refractivity contribution in [3.05, 3.63) is 51.8 Å². The SMILES string of the molecule is CC(/C=C(\N)C(C)N1Cc2c(ccnc2Cl)C1=O)=C(/N)OCC(F)(F)C(F)P. The van der Waals surface area contributed by atoms with Gasteiger partial charge in [-0.25, -0.2) is 9.37 Å². The molecule has 2 rings (SSSR count). The number of nitrogens with two attached hydrogens (primary N) is 2. The average molecular weight is 437 g/mol. The van der Waals surface area contributed by atoms with E-state index in [1.165, 1.54) is 33.3 Å². The highest BCUT2D eigenvalue weighted by Crippen LogP contribution is 2.30. The monoisotopic (exact) mass is 436 g/mol. The average Bonchev–Trinajstić information content (AvgIpc) is 2.97. The highest BCUT2D eigenvalue weighted by atomic mass is 35.5. The largest absolute Gasteiger partial charge is 0.473 e. The standard InChI is InChI=1S/C17H21ClF3N4O2P/c1-8(14(23)27-7-17(20,21)16(19)28)5-12(22)9(2)25-6-11-10(15(25)26)3-4-24-13(11)18/h3-5,9,16H,6-7,22-23,28H2,1-2H3/b12-5-,14-8+. The van der Waals surface area contributed by atoms with Crippen molar-refractivity contribution in [1.29, 1.82) is 0 Å². The Labute approximate surface area is 167 Å². The first-order chi connectivity index (χ1) is 13.0. The molecule has 0 spiro atoms. The van der Waals surface area contributed by atoms with Gasteiger partial charge in [-0.1, -0.05) is 20.8 Å². The molecule has 28 heavy (non-hydrogen) atoms. The number of amides is 1. The van der Waals surface area contributed by atoms with Crippen LogP contribution in [-0.2, 0) is 11.3 Å². The van der Waals surface area contributed by atoms with Gasteiger partial charge in [0.1, 0.15) is 5.15 Å². The van der Waals surface area contributed by atoms with Gasteiger partial charge in [0.15, 0.2) is 18.4 Å². The topological polar surface area (TPSA) is 94.5 Å². The maximum absolute atomic E-state index is 13.3. The first kappa shape index (κ1) is 22.3. The number of ether oxygens (including phenoxy) is 1. The normalized spacial score (nSPS) is 17.9. The van der Waals surface area contributed by atoms with E-state index in [1.807, 2.05) is 0 Å². The molecule has 0 saturated heterocycles. The molecule has 1 aromatic rings. The Bertz CT molecular complexity index is 833. The molecule has 11 heteroatoms. The first-order valence-corrected chi connectivity index (χ1v) is 9.28. The first-order valence-electron chi connectivity index (χ1n) is 8.23. The van der Waals surface area contributed by atoms with Crippen LogP contribution in [0.1, 0.15) is 29.8 Å². The molecule has 1 aromatic heterocycles. The summed E-state index contributed by atoms with van der Waals surface area (Å²) in [5.41, 5.74) is 13.3. The zero-order chi connectivity index (χ0) is 21.2. The molecule has 4 N–H and O–H groups in total. The molecule has 1 aliphatic heterocycles. The molecule has 1 aliphatic rings. The van der Waals surface area contributed by atoms with Crippen molar-refractivity contribution in [2.45, 2.75) is 38.3 Å². The Kier molecular flexibility index (Phi) is 6.83. The van der Waals surface area contributed by atoms with Crippen molar-refractivity contribution >= 4 is 26.7 Å². The molecule has 0 fully saturated rings. The zero-order valence-electron chi connectivity index (χ0n) is 15.3. The predicted molar refractivity (Wildman–Crippen MR) is 103 cm³/mol. The number of nitrogens with zero attached hydrogens (tertiary/aromatic N) is 2. The van der Waals surface area contributed by atoms with Gasteiger partial charge < -0.3 is 21.1 Å². The van der Waals surface area contributed by atoms with Gasteiger partial charge in [0.2, 0.25) is 0 Å². The van der Waals surface area contributed by atoms with E-state index in [9.17, 15) is 18.0 Å². The van der Waals surface area contributed by atoms with Crippen LogP contribution in [0.5, 0.6) is 0 Å². The van der Waals surface area contributed by atoms with Gasteiger partial charge in [-0.3, -0.25) is 4.79 Å². The summed E-state index contributed by atoms with van der Waals surface area (Å²) in [4.78, 5) is 18.0. The Morgan fingerprint density at radius 1 is 1.54 bits per heavy atom. The lowest BCUT2D eigenvalue weighted by atomic mass is 10.1. The number of carbonyl (C=O) groups excluding carboxylic acids is 1.